The van der Waals surface area contributed by atoms with Crippen LogP contribution in [0.25, 0.3) is 0 Å². The van der Waals surface area contributed by atoms with Gasteiger partial charge in [-0.05, 0) is 68.2 Å². The highest BCUT2D eigenvalue weighted by molar-refractivity contribution is 7.97. The summed E-state index contributed by atoms with van der Waals surface area (Å²) in [4.78, 5) is 3.92. The van der Waals surface area contributed by atoms with Gasteiger partial charge in [-0.15, -0.1) is 0 Å². The maximum Gasteiger partial charge on any atom is 0.0340 e. The molecular weight excluding hydrogens is 300 g/mol. The van der Waals surface area contributed by atoms with E-state index < -0.39 is 0 Å². The Hall–Kier alpha value is -1.29. The first-order valence-electron chi connectivity index (χ1n) is 8.54. The van der Waals surface area contributed by atoms with Crippen LogP contribution in [-0.2, 0) is 13.1 Å². The molecule has 2 aromatic carbocycles. The van der Waals surface area contributed by atoms with Gasteiger partial charge in [-0.2, -0.15) is 0 Å². The molecule has 0 aromatic heterocycles. The number of hydrogen-bond donors (Lipinski definition) is 0. The first-order chi connectivity index (χ1) is 11.3. The number of piperidine rings is 1. The third-order valence-corrected chi connectivity index (χ3v) is 5.17. The standard InChI is InChI=1S/C20H26N2S/c1-21(16-18-9-4-2-5-10-18)23-20-12-8-11-19(15-20)17-22-13-6-3-7-14-22/h2,4-5,8-12,15H,3,6-7,13-14,16-17H2,1H3. The van der Waals surface area contributed by atoms with Gasteiger partial charge in [-0.25, -0.2) is 4.31 Å². The lowest BCUT2D eigenvalue weighted by molar-refractivity contribution is 0.221. The van der Waals surface area contributed by atoms with Gasteiger partial charge in [0.2, 0.25) is 0 Å². The van der Waals surface area contributed by atoms with E-state index in [2.05, 4.69) is 70.9 Å². The molecule has 3 heteroatoms. The highest BCUT2D eigenvalue weighted by Crippen LogP contribution is 2.24. The summed E-state index contributed by atoms with van der Waals surface area (Å²) in [5, 5.41) is 0. The minimum atomic E-state index is 0.960. The van der Waals surface area contributed by atoms with Gasteiger partial charge in [0, 0.05) is 18.0 Å². The molecule has 0 atom stereocenters. The fourth-order valence-corrected chi connectivity index (χ4v) is 4.05. The van der Waals surface area contributed by atoms with Crippen LogP contribution in [0.15, 0.2) is 59.5 Å². The van der Waals surface area contributed by atoms with E-state index >= 15 is 0 Å². The van der Waals surface area contributed by atoms with Gasteiger partial charge in [0.05, 0.1) is 0 Å². The summed E-state index contributed by atoms with van der Waals surface area (Å²) < 4.78 is 2.30. The van der Waals surface area contributed by atoms with E-state index in [0.29, 0.717) is 0 Å². The van der Waals surface area contributed by atoms with Crippen LogP contribution in [0.2, 0.25) is 0 Å². The average molecular weight is 327 g/mol. The number of rotatable bonds is 6. The zero-order chi connectivity index (χ0) is 15.9. The highest BCUT2D eigenvalue weighted by atomic mass is 32.2. The van der Waals surface area contributed by atoms with Crippen LogP contribution >= 0.6 is 11.9 Å². The largest absolute Gasteiger partial charge is 0.299 e. The van der Waals surface area contributed by atoms with E-state index in [4.69, 9.17) is 0 Å². The second kappa shape index (κ2) is 8.53. The fourth-order valence-electron chi connectivity index (χ4n) is 3.13. The molecule has 0 saturated carbocycles. The molecule has 122 valence electrons. The number of nitrogens with zero attached hydrogens (tertiary/aromatic N) is 2. The Bertz CT molecular complexity index is 594. The van der Waals surface area contributed by atoms with Crippen LogP contribution in [-0.4, -0.2) is 29.3 Å². The van der Waals surface area contributed by atoms with Crippen LogP contribution in [0.5, 0.6) is 0 Å². The lowest BCUT2D eigenvalue weighted by Gasteiger charge is -2.26. The predicted molar refractivity (Wildman–Crippen MR) is 99.3 cm³/mol. The molecule has 23 heavy (non-hydrogen) atoms. The van der Waals surface area contributed by atoms with E-state index in [-0.39, 0.29) is 0 Å². The summed E-state index contributed by atoms with van der Waals surface area (Å²) in [7, 11) is 2.16. The van der Waals surface area contributed by atoms with Crippen molar-refractivity contribution in [2.75, 3.05) is 20.1 Å². The lowest BCUT2D eigenvalue weighted by atomic mass is 10.1. The summed E-state index contributed by atoms with van der Waals surface area (Å²) in [5.74, 6) is 0. The minimum absolute atomic E-state index is 0.960. The molecule has 1 saturated heterocycles. The van der Waals surface area contributed by atoms with Crippen molar-refractivity contribution < 1.29 is 0 Å². The Labute approximate surface area is 144 Å². The molecule has 0 unspecified atom stereocenters. The summed E-state index contributed by atoms with van der Waals surface area (Å²) in [6.07, 6.45) is 4.11. The Morgan fingerprint density at radius 1 is 0.913 bits per heavy atom. The average Bonchev–Trinajstić information content (AvgIpc) is 2.57. The summed E-state index contributed by atoms with van der Waals surface area (Å²) in [6, 6.07) is 19.7. The molecule has 0 radical (unpaired) electrons. The first kappa shape index (κ1) is 16.6. The first-order valence-corrected chi connectivity index (χ1v) is 9.31. The summed E-state index contributed by atoms with van der Waals surface area (Å²) >= 11 is 1.83. The Morgan fingerprint density at radius 2 is 1.65 bits per heavy atom. The number of likely N-dealkylation sites (tertiary alicyclic amines) is 1. The van der Waals surface area contributed by atoms with Crippen molar-refractivity contribution in [2.24, 2.45) is 0 Å². The summed E-state index contributed by atoms with van der Waals surface area (Å²) in [5.41, 5.74) is 2.79. The Balaban J connectivity index is 1.56. The Kier molecular flexibility index (Phi) is 6.14. The molecule has 0 spiro atoms. The molecule has 1 aliphatic heterocycles. The predicted octanol–water partition coefficient (Wildman–Crippen LogP) is 4.81. The van der Waals surface area contributed by atoms with Crippen molar-refractivity contribution in [1.29, 1.82) is 0 Å². The van der Waals surface area contributed by atoms with E-state index in [0.717, 1.165) is 13.1 Å². The van der Waals surface area contributed by atoms with Crippen molar-refractivity contribution in [2.45, 2.75) is 37.2 Å². The van der Waals surface area contributed by atoms with Crippen LogP contribution < -0.4 is 0 Å². The molecule has 1 heterocycles. The second-order valence-corrected chi connectivity index (χ2v) is 7.62. The highest BCUT2D eigenvalue weighted by Gasteiger charge is 2.11. The van der Waals surface area contributed by atoms with Crippen molar-refractivity contribution in [3.63, 3.8) is 0 Å². The van der Waals surface area contributed by atoms with Crippen molar-refractivity contribution in [3.8, 4) is 0 Å². The normalized spacial score (nSPS) is 15.9. The third kappa shape index (κ3) is 5.38. The number of hydrogen-bond acceptors (Lipinski definition) is 3. The van der Waals surface area contributed by atoms with Crippen molar-refractivity contribution in [3.05, 3.63) is 65.7 Å². The van der Waals surface area contributed by atoms with E-state index in [9.17, 15) is 0 Å². The smallest absolute Gasteiger partial charge is 0.0340 e. The Morgan fingerprint density at radius 3 is 2.43 bits per heavy atom. The zero-order valence-electron chi connectivity index (χ0n) is 13.9. The van der Waals surface area contributed by atoms with Crippen LogP contribution in [0.3, 0.4) is 0 Å². The quantitative estimate of drug-likeness (QED) is 0.703. The molecule has 0 N–H and O–H groups in total. The maximum atomic E-state index is 2.58. The zero-order valence-corrected chi connectivity index (χ0v) is 14.8. The van der Waals surface area contributed by atoms with E-state index in [1.165, 1.54) is 48.4 Å². The topological polar surface area (TPSA) is 6.48 Å². The minimum Gasteiger partial charge on any atom is -0.299 e. The van der Waals surface area contributed by atoms with Gasteiger partial charge in [-0.3, -0.25) is 4.90 Å². The third-order valence-electron chi connectivity index (χ3n) is 4.26. The molecule has 0 aliphatic carbocycles. The van der Waals surface area contributed by atoms with Gasteiger partial charge in [0.15, 0.2) is 0 Å². The van der Waals surface area contributed by atoms with Crippen LogP contribution in [0.4, 0.5) is 0 Å². The molecule has 2 nitrogen and oxygen atoms in total. The van der Waals surface area contributed by atoms with Crippen LogP contribution in [0, 0.1) is 0 Å². The lowest BCUT2D eigenvalue weighted by Crippen LogP contribution is -2.29. The van der Waals surface area contributed by atoms with E-state index in [1.807, 2.05) is 11.9 Å². The van der Waals surface area contributed by atoms with Gasteiger partial charge in [-0.1, -0.05) is 48.9 Å². The van der Waals surface area contributed by atoms with Gasteiger partial charge in [0.25, 0.3) is 0 Å². The molecule has 0 amide bonds. The van der Waals surface area contributed by atoms with Gasteiger partial charge >= 0.3 is 0 Å². The summed E-state index contributed by atoms with van der Waals surface area (Å²) in [6.45, 7) is 4.56. The fraction of sp³-hybridized carbons (Fsp3) is 0.400. The number of benzene rings is 2. The molecule has 0 bridgehead atoms. The van der Waals surface area contributed by atoms with Crippen molar-refractivity contribution in [1.82, 2.24) is 9.21 Å². The molecule has 3 rings (SSSR count). The van der Waals surface area contributed by atoms with Crippen molar-refractivity contribution >= 4 is 11.9 Å². The maximum absolute atomic E-state index is 2.58. The van der Waals surface area contributed by atoms with Gasteiger partial charge in [0.1, 0.15) is 0 Å². The molecule has 2 aromatic rings. The van der Waals surface area contributed by atoms with Crippen LogP contribution in [0.1, 0.15) is 30.4 Å². The molecule has 1 fully saturated rings. The monoisotopic (exact) mass is 326 g/mol. The SMILES string of the molecule is CN(Cc1ccccc1)Sc1cccc(CN2CCCCC2)c1. The second-order valence-electron chi connectivity index (χ2n) is 6.35. The van der Waals surface area contributed by atoms with E-state index in [1.54, 1.807) is 0 Å². The van der Waals surface area contributed by atoms with Gasteiger partial charge < -0.3 is 0 Å². The molecular formula is C20H26N2S. The molecule has 1 aliphatic rings.